The van der Waals surface area contributed by atoms with E-state index in [1.54, 1.807) is 7.11 Å². The Labute approximate surface area is 164 Å². The molecule has 3 aromatic rings. The van der Waals surface area contributed by atoms with E-state index >= 15 is 0 Å². The quantitative estimate of drug-likeness (QED) is 0.701. The van der Waals surface area contributed by atoms with Crippen LogP contribution in [0.2, 0.25) is 0 Å². The van der Waals surface area contributed by atoms with Gasteiger partial charge in [-0.15, -0.1) is 0 Å². The molecular formula is C22H24N4O2. The number of hydrogen-bond acceptors (Lipinski definition) is 5. The highest BCUT2D eigenvalue weighted by molar-refractivity contribution is 5.79. The molecule has 0 unspecified atom stereocenters. The molecular weight excluding hydrogens is 352 g/mol. The van der Waals surface area contributed by atoms with Crippen LogP contribution >= 0.6 is 0 Å². The highest BCUT2D eigenvalue weighted by Crippen LogP contribution is 2.21. The first-order valence-electron chi connectivity index (χ1n) is 9.53. The fourth-order valence-corrected chi connectivity index (χ4v) is 3.58. The molecule has 0 aliphatic carbocycles. The number of carbonyl (C=O) groups excluding carboxylic acids is 1. The number of fused-ring (bicyclic) bond motifs is 1. The molecule has 1 saturated heterocycles. The molecule has 0 N–H and O–H groups in total. The number of methoxy groups -OCH3 is 1. The van der Waals surface area contributed by atoms with Crippen LogP contribution in [0, 0.1) is 6.92 Å². The van der Waals surface area contributed by atoms with E-state index in [0.717, 1.165) is 46.9 Å². The third-order valence-corrected chi connectivity index (χ3v) is 5.17. The minimum absolute atomic E-state index is 0.158. The van der Waals surface area contributed by atoms with E-state index in [4.69, 9.17) is 9.72 Å². The van der Waals surface area contributed by atoms with Gasteiger partial charge in [0, 0.05) is 26.2 Å². The van der Waals surface area contributed by atoms with Crippen LogP contribution in [0.25, 0.3) is 11.0 Å². The monoisotopic (exact) mass is 376 g/mol. The Kier molecular flexibility index (Phi) is 5.10. The molecule has 1 aromatic heterocycles. The number of aromatic nitrogens is 2. The fraction of sp³-hybridized carbons (Fsp3) is 0.318. The van der Waals surface area contributed by atoms with Gasteiger partial charge in [0.2, 0.25) is 5.91 Å². The number of piperazine rings is 1. The van der Waals surface area contributed by atoms with Gasteiger partial charge in [0.25, 0.3) is 0 Å². The number of nitrogens with zero attached hydrogens (tertiary/aromatic N) is 4. The summed E-state index contributed by atoms with van der Waals surface area (Å²) in [7, 11) is 1.64. The molecule has 1 aliphatic rings. The van der Waals surface area contributed by atoms with Gasteiger partial charge in [0.1, 0.15) is 5.75 Å². The van der Waals surface area contributed by atoms with Crippen molar-refractivity contribution in [2.24, 2.45) is 0 Å². The minimum Gasteiger partial charge on any atom is -0.497 e. The summed E-state index contributed by atoms with van der Waals surface area (Å²) in [6.45, 7) is 4.92. The molecule has 2 aromatic carbocycles. The molecule has 6 nitrogen and oxygen atoms in total. The van der Waals surface area contributed by atoms with Gasteiger partial charge >= 0.3 is 0 Å². The number of para-hydroxylation sites is 2. The maximum absolute atomic E-state index is 12.7. The Morgan fingerprint density at radius 2 is 1.61 bits per heavy atom. The predicted molar refractivity (Wildman–Crippen MR) is 110 cm³/mol. The molecule has 0 saturated carbocycles. The highest BCUT2D eigenvalue weighted by atomic mass is 16.5. The van der Waals surface area contributed by atoms with Crippen molar-refractivity contribution in [3.05, 3.63) is 59.8 Å². The number of ether oxygens (including phenoxy) is 1. The van der Waals surface area contributed by atoms with Gasteiger partial charge in [-0.25, -0.2) is 9.97 Å². The number of carbonyl (C=O) groups is 1. The van der Waals surface area contributed by atoms with Gasteiger partial charge in [-0.2, -0.15) is 0 Å². The first-order valence-corrected chi connectivity index (χ1v) is 9.53. The van der Waals surface area contributed by atoms with E-state index < -0.39 is 0 Å². The van der Waals surface area contributed by atoms with Crippen molar-refractivity contribution < 1.29 is 9.53 Å². The Morgan fingerprint density at radius 1 is 0.964 bits per heavy atom. The zero-order valence-corrected chi connectivity index (χ0v) is 16.3. The topological polar surface area (TPSA) is 58.6 Å². The third-order valence-electron chi connectivity index (χ3n) is 5.17. The fourth-order valence-electron chi connectivity index (χ4n) is 3.58. The summed E-state index contributed by atoms with van der Waals surface area (Å²) in [5, 5.41) is 0. The van der Waals surface area contributed by atoms with Crippen molar-refractivity contribution in [3.8, 4) is 5.75 Å². The molecule has 1 fully saturated rings. The molecule has 4 rings (SSSR count). The van der Waals surface area contributed by atoms with Crippen LogP contribution in [0.3, 0.4) is 0 Å². The average molecular weight is 376 g/mol. The number of benzene rings is 2. The van der Waals surface area contributed by atoms with Crippen molar-refractivity contribution in [1.82, 2.24) is 14.9 Å². The third kappa shape index (κ3) is 3.76. The predicted octanol–water partition coefficient (Wildman–Crippen LogP) is 2.84. The van der Waals surface area contributed by atoms with Crippen LogP contribution < -0.4 is 9.64 Å². The normalized spacial score (nSPS) is 14.4. The van der Waals surface area contributed by atoms with Gasteiger partial charge < -0.3 is 14.5 Å². The zero-order chi connectivity index (χ0) is 19.5. The first kappa shape index (κ1) is 18.2. The van der Waals surface area contributed by atoms with E-state index in [2.05, 4.69) is 9.88 Å². The van der Waals surface area contributed by atoms with Crippen LogP contribution in [0.5, 0.6) is 5.75 Å². The maximum Gasteiger partial charge on any atom is 0.227 e. The molecule has 1 amide bonds. The summed E-state index contributed by atoms with van der Waals surface area (Å²) < 4.78 is 5.17. The second-order valence-electron chi connectivity index (χ2n) is 7.01. The highest BCUT2D eigenvalue weighted by Gasteiger charge is 2.23. The van der Waals surface area contributed by atoms with E-state index in [-0.39, 0.29) is 5.91 Å². The lowest BCUT2D eigenvalue weighted by Gasteiger charge is -2.36. The lowest BCUT2D eigenvalue weighted by molar-refractivity contribution is -0.130. The van der Waals surface area contributed by atoms with Crippen molar-refractivity contribution in [2.45, 2.75) is 13.3 Å². The molecule has 144 valence electrons. The van der Waals surface area contributed by atoms with Crippen molar-refractivity contribution in [1.29, 1.82) is 0 Å². The van der Waals surface area contributed by atoms with Gasteiger partial charge in [-0.05, 0) is 36.8 Å². The van der Waals surface area contributed by atoms with Crippen molar-refractivity contribution >= 4 is 22.8 Å². The summed E-state index contributed by atoms with van der Waals surface area (Å²) in [5.74, 6) is 1.88. The standard InChI is InChI=1S/C22H24N4O2/c1-16-22(24-20-6-4-3-5-19(20)23-16)26-13-11-25(12-14-26)21(27)15-17-7-9-18(28-2)10-8-17/h3-10H,11-15H2,1-2H3. The van der Waals surface area contributed by atoms with Gasteiger partial charge in [-0.1, -0.05) is 24.3 Å². The minimum atomic E-state index is 0.158. The lowest BCUT2D eigenvalue weighted by atomic mass is 10.1. The molecule has 28 heavy (non-hydrogen) atoms. The summed E-state index contributed by atoms with van der Waals surface area (Å²) in [6, 6.07) is 15.6. The number of anilines is 1. The Bertz CT molecular complexity index is 979. The number of rotatable bonds is 4. The molecule has 0 atom stereocenters. The summed E-state index contributed by atoms with van der Waals surface area (Å²) in [5.41, 5.74) is 3.75. The van der Waals surface area contributed by atoms with Gasteiger partial charge in [0.15, 0.2) is 5.82 Å². The lowest BCUT2D eigenvalue weighted by Crippen LogP contribution is -2.49. The molecule has 0 bridgehead atoms. The van der Waals surface area contributed by atoms with Crippen LogP contribution in [0.15, 0.2) is 48.5 Å². The van der Waals surface area contributed by atoms with E-state index in [0.29, 0.717) is 19.5 Å². The Balaban J connectivity index is 1.40. The van der Waals surface area contributed by atoms with Gasteiger partial charge in [-0.3, -0.25) is 4.79 Å². The molecule has 1 aliphatic heterocycles. The van der Waals surface area contributed by atoms with E-state index in [9.17, 15) is 4.79 Å². The van der Waals surface area contributed by atoms with E-state index in [1.165, 1.54) is 0 Å². The smallest absolute Gasteiger partial charge is 0.227 e. The number of amides is 1. The SMILES string of the molecule is COc1ccc(CC(=O)N2CCN(c3nc4ccccc4nc3C)CC2)cc1. The number of aryl methyl sites for hydroxylation is 1. The van der Waals surface area contributed by atoms with Crippen LogP contribution in [-0.4, -0.2) is 54.1 Å². The van der Waals surface area contributed by atoms with Crippen molar-refractivity contribution in [3.63, 3.8) is 0 Å². The first-order chi connectivity index (χ1) is 13.6. The molecule has 0 spiro atoms. The average Bonchev–Trinajstić information content (AvgIpc) is 2.74. The Morgan fingerprint density at radius 3 is 2.25 bits per heavy atom. The second kappa shape index (κ2) is 7.84. The Hall–Kier alpha value is -3.15. The van der Waals surface area contributed by atoms with Crippen LogP contribution in [0.4, 0.5) is 5.82 Å². The van der Waals surface area contributed by atoms with Crippen LogP contribution in [0.1, 0.15) is 11.3 Å². The largest absolute Gasteiger partial charge is 0.497 e. The van der Waals surface area contributed by atoms with E-state index in [1.807, 2.05) is 60.4 Å². The molecule has 6 heteroatoms. The molecule has 0 radical (unpaired) electrons. The maximum atomic E-state index is 12.7. The number of hydrogen-bond donors (Lipinski definition) is 0. The second-order valence-corrected chi connectivity index (χ2v) is 7.01. The summed E-state index contributed by atoms with van der Waals surface area (Å²) in [6.07, 6.45) is 0.415. The van der Waals surface area contributed by atoms with Gasteiger partial charge in [0.05, 0.1) is 30.3 Å². The van der Waals surface area contributed by atoms with Crippen molar-refractivity contribution in [2.75, 3.05) is 38.2 Å². The summed E-state index contributed by atoms with van der Waals surface area (Å²) in [4.78, 5) is 26.3. The van der Waals surface area contributed by atoms with Crippen LogP contribution in [-0.2, 0) is 11.2 Å². The summed E-state index contributed by atoms with van der Waals surface area (Å²) >= 11 is 0. The zero-order valence-electron chi connectivity index (χ0n) is 16.3. The molecule has 2 heterocycles.